The average Bonchev–Trinajstić information content (AvgIpc) is 2.80. The number of halogens is 1. The van der Waals surface area contributed by atoms with Gasteiger partial charge in [-0.1, -0.05) is 23.7 Å². The van der Waals surface area contributed by atoms with Crippen LogP contribution in [0, 0.1) is 13.8 Å². The second-order valence-electron chi connectivity index (χ2n) is 8.54. The number of carbonyl (C=O) groups is 2. The molecule has 3 aromatic carbocycles. The minimum absolute atomic E-state index is 0.137. The van der Waals surface area contributed by atoms with E-state index in [0.717, 1.165) is 12.0 Å². The third kappa shape index (κ3) is 5.66. The van der Waals surface area contributed by atoms with Crippen molar-refractivity contribution in [3.63, 3.8) is 0 Å². The normalized spacial score (nSPS) is 14.9. The van der Waals surface area contributed by atoms with Crippen LogP contribution in [0.5, 0.6) is 0 Å². The third-order valence-corrected chi connectivity index (χ3v) is 8.03. The molecule has 1 fully saturated rings. The molecule has 182 valence electrons. The van der Waals surface area contributed by atoms with Crippen molar-refractivity contribution in [2.75, 3.05) is 27.2 Å². The van der Waals surface area contributed by atoms with Crippen LogP contribution in [-0.2, 0) is 10.0 Å². The molecule has 3 aromatic rings. The number of amides is 2. The van der Waals surface area contributed by atoms with Crippen LogP contribution >= 0.6 is 11.6 Å². The lowest BCUT2D eigenvalue weighted by Crippen LogP contribution is -2.37. The molecule has 4 rings (SSSR count). The molecule has 1 heterocycles. The van der Waals surface area contributed by atoms with Gasteiger partial charge in [0.25, 0.3) is 11.8 Å². The maximum Gasteiger partial charge on any atom is 0.255 e. The van der Waals surface area contributed by atoms with Gasteiger partial charge in [-0.2, -0.15) is 0 Å². The van der Waals surface area contributed by atoms with Gasteiger partial charge >= 0.3 is 0 Å². The number of benzene rings is 3. The van der Waals surface area contributed by atoms with Crippen molar-refractivity contribution in [3.05, 3.63) is 87.9 Å². The van der Waals surface area contributed by atoms with Gasteiger partial charge in [0, 0.05) is 34.1 Å². The lowest BCUT2D eigenvalue weighted by molar-refractivity contribution is 0.101. The van der Waals surface area contributed by atoms with Gasteiger partial charge in [-0.25, -0.2) is 8.42 Å². The summed E-state index contributed by atoms with van der Waals surface area (Å²) in [5.41, 5.74) is 4.02. The van der Waals surface area contributed by atoms with E-state index in [1.54, 1.807) is 67.6 Å². The molecule has 1 aliphatic rings. The van der Waals surface area contributed by atoms with Gasteiger partial charge in [0.2, 0.25) is 10.0 Å². The first-order valence-corrected chi connectivity index (χ1v) is 13.2. The molecule has 0 aromatic heterocycles. The zero-order valence-corrected chi connectivity index (χ0v) is 21.0. The van der Waals surface area contributed by atoms with Crippen LogP contribution in [0.1, 0.15) is 44.7 Å². The van der Waals surface area contributed by atoms with E-state index >= 15 is 0 Å². The number of nitrogens with zero attached hydrogens (tertiary/aromatic N) is 1. The summed E-state index contributed by atoms with van der Waals surface area (Å²) in [5, 5.41) is 6.19. The van der Waals surface area contributed by atoms with Crippen molar-refractivity contribution < 1.29 is 18.0 Å². The molecule has 0 spiro atoms. The van der Waals surface area contributed by atoms with E-state index in [9.17, 15) is 18.0 Å². The zero-order chi connectivity index (χ0) is 25.2. The van der Waals surface area contributed by atoms with Crippen LogP contribution in [-0.4, -0.2) is 32.5 Å². The van der Waals surface area contributed by atoms with Gasteiger partial charge in [0.05, 0.1) is 11.4 Å². The topological polar surface area (TPSA) is 95.6 Å². The van der Waals surface area contributed by atoms with E-state index in [4.69, 9.17) is 11.6 Å². The molecule has 0 bridgehead atoms. The Bertz CT molecular complexity index is 1410. The molecule has 0 unspecified atom stereocenters. The highest BCUT2D eigenvalue weighted by Gasteiger charge is 2.26. The molecule has 0 radical (unpaired) electrons. The number of carbonyl (C=O) groups excluding carboxylic acids is 2. The monoisotopic (exact) mass is 511 g/mol. The summed E-state index contributed by atoms with van der Waals surface area (Å²) in [4.78, 5) is 25.6. The van der Waals surface area contributed by atoms with E-state index in [-0.39, 0.29) is 17.6 Å². The van der Waals surface area contributed by atoms with Crippen LogP contribution in [0.25, 0.3) is 0 Å². The fourth-order valence-corrected chi connectivity index (χ4v) is 5.82. The number of sulfonamides is 1. The van der Waals surface area contributed by atoms with Crippen molar-refractivity contribution in [1.29, 1.82) is 0 Å². The summed E-state index contributed by atoms with van der Waals surface area (Å²) in [5.74, 6) is -0.498. The molecule has 0 atom stereocenters. The largest absolute Gasteiger partial charge is 0.322 e. The molecule has 9 heteroatoms. The van der Waals surface area contributed by atoms with E-state index in [0.29, 0.717) is 51.7 Å². The molecular formula is C26H26ClN3O4S. The number of anilines is 3. The molecule has 1 saturated heterocycles. The predicted octanol–water partition coefficient (Wildman–Crippen LogP) is 5.39. The van der Waals surface area contributed by atoms with Crippen molar-refractivity contribution in [1.82, 2.24) is 0 Å². The Labute approximate surface area is 210 Å². The minimum Gasteiger partial charge on any atom is -0.322 e. The van der Waals surface area contributed by atoms with Crippen molar-refractivity contribution in [2.45, 2.75) is 26.7 Å². The first kappa shape index (κ1) is 24.8. The molecule has 1 aliphatic heterocycles. The maximum absolute atomic E-state index is 13.0. The number of rotatable bonds is 5. The van der Waals surface area contributed by atoms with E-state index in [1.165, 1.54) is 4.31 Å². The Balaban J connectivity index is 1.50. The van der Waals surface area contributed by atoms with E-state index in [2.05, 4.69) is 10.6 Å². The lowest BCUT2D eigenvalue weighted by atomic mass is 10.1. The highest BCUT2D eigenvalue weighted by Crippen LogP contribution is 2.27. The first-order chi connectivity index (χ1) is 16.6. The van der Waals surface area contributed by atoms with Gasteiger partial charge in [-0.15, -0.1) is 0 Å². The Morgan fingerprint density at radius 1 is 0.886 bits per heavy atom. The molecule has 2 N–H and O–H groups in total. The summed E-state index contributed by atoms with van der Waals surface area (Å²) in [6, 6.07) is 16.9. The summed E-state index contributed by atoms with van der Waals surface area (Å²) in [7, 11) is -3.33. The molecule has 0 saturated carbocycles. The van der Waals surface area contributed by atoms with Crippen molar-refractivity contribution in [2.24, 2.45) is 0 Å². The highest BCUT2D eigenvalue weighted by atomic mass is 35.5. The highest BCUT2D eigenvalue weighted by molar-refractivity contribution is 7.92. The van der Waals surface area contributed by atoms with Crippen LogP contribution in [0.4, 0.5) is 17.1 Å². The van der Waals surface area contributed by atoms with E-state index < -0.39 is 10.0 Å². The van der Waals surface area contributed by atoms with Crippen molar-refractivity contribution in [3.8, 4) is 0 Å². The van der Waals surface area contributed by atoms with Crippen LogP contribution in [0.2, 0.25) is 5.02 Å². The maximum atomic E-state index is 13.0. The molecular weight excluding hydrogens is 486 g/mol. The predicted molar refractivity (Wildman–Crippen MR) is 140 cm³/mol. The second-order valence-corrected chi connectivity index (χ2v) is 11.0. The second kappa shape index (κ2) is 10.1. The molecule has 7 nitrogen and oxygen atoms in total. The zero-order valence-electron chi connectivity index (χ0n) is 19.5. The van der Waals surface area contributed by atoms with Gasteiger partial charge in [-0.05, 0) is 86.3 Å². The minimum atomic E-state index is -3.33. The van der Waals surface area contributed by atoms with Crippen LogP contribution in [0.3, 0.4) is 0 Å². The Kier molecular flexibility index (Phi) is 7.14. The standard InChI is InChI=1S/C26H26ClN3O4S/c1-17-8-9-21(16-24(17)29-25(31)19-6-5-7-20(27)15-19)28-26(32)23-11-10-22(14-18(23)2)30-12-3-4-13-35(30,33)34/h5-11,14-16H,3-4,12-13H2,1-2H3,(H,28,32)(H,29,31). The summed E-state index contributed by atoms with van der Waals surface area (Å²) in [6.07, 6.45) is 1.47. The Morgan fingerprint density at radius 3 is 2.40 bits per heavy atom. The Hall–Kier alpha value is -3.36. The van der Waals surface area contributed by atoms with Crippen molar-refractivity contribution >= 4 is 50.5 Å². The first-order valence-electron chi connectivity index (χ1n) is 11.2. The van der Waals surface area contributed by atoms with Gasteiger partial charge in [0.15, 0.2) is 0 Å². The smallest absolute Gasteiger partial charge is 0.255 e. The molecule has 2 amide bonds. The van der Waals surface area contributed by atoms with E-state index in [1.807, 2.05) is 6.92 Å². The van der Waals surface area contributed by atoms with Crippen LogP contribution < -0.4 is 14.9 Å². The third-order valence-electron chi connectivity index (χ3n) is 5.92. The number of hydrogen-bond donors (Lipinski definition) is 2. The number of aryl methyl sites for hydroxylation is 2. The van der Waals surface area contributed by atoms with Gasteiger partial charge in [0.1, 0.15) is 0 Å². The fraction of sp³-hybridized carbons (Fsp3) is 0.231. The fourth-order valence-electron chi connectivity index (χ4n) is 3.99. The van der Waals surface area contributed by atoms with Gasteiger partial charge in [-0.3, -0.25) is 13.9 Å². The van der Waals surface area contributed by atoms with Crippen LogP contribution in [0.15, 0.2) is 60.7 Å². The Morgan fingerprint density at radius 2 is 1.69 bits per heavy atom. The molecule has 35 heavy (non-hydrogen) atoms. The number of nitrogens with one attached hydrogen (secondary N) is 2. The SMILES string of the molecule is Cc1ccc(NC(=O)c2ccc(N3CCCCS3(=O)=O)cc2C)cc1NC(=O)c1cccc(Cl)c1. The van der Waals surface area contributed by atoms with Gasteiger partial charge < -0.3 is 10.6 Å². The molecule has 0 aliphatic carbocycles. The lowest BCUT2D eigenvalue weighted by Gasteiger charge is -2.28. The summed E-state index contributed by atoms with van der Waals surface area (Å²) < 4.78 is 26.2. The summed E-state index contributed by atoms with van der Waals surface area (Å²) in [6.45, 7) is 4.08. The average molecular weight is 512 g/mol. The summed E-state index contributed by atoms with van der Waals surface area (Å²) >= 11 is 5.98. The quantitative estimate of drug-likeness (QED) is 0.480. The number of hydrogen-bond acceptors (Lipinski definition) is 4.